The third kappa shape index (κ3) is 4.33. The smallest absolute Gasteiger partial charge is 0.416 e. The van der Waals surface area contributed by atoms with E-state index in [1.54, 1.807) is 13.8 Å². The maximum absolute atomic E-state index is 12.7. The Morgan fingerprint density at radius 2 is 1.95 bits per heavy atom. The minimum atomic E-state index is -4.74. The molecule has 0 heterocycles. The average Bonchev–Trinajstić information content (AvgIpc) is 2.33. The molecule has 1 N–H and O–H groups in total. The van der Waals surface area contributed by atoms with E-state index in [0.29, 0.717) is 12.1 Å². The van der Waals surface area contributed by atoms with E-state index >= 15 is 0 Å². The Hall–Kier alpha value is -2.32. The molecule has 0 aromatic heterocycles. The lowest BCUT2D eigenvalue weighted by atomic mass is 10.1. The van der Waals surface area contributed by atoms with Crippen molar-refractivity contribution in [1.29, 1.82) is 0 Å². The van der Waals surface area contributed by atoms with Crippen molar-refractivity contribution in [3.05, 3.63) is 39.4 Å². The van der Waals surface area contributed by atoms with Crippen LogP contribution in [0, 0.1) is 10.1 Å². The fourth-order valence-corrected chi connectivity index (χ4v) is 1.70. The molecule has 0 fully saturated rings. The van der Waals surface area contributed by atoms with E-state index in [0.717, 1.165) is 11.0 Å². The van der Waals surface area contributed by atoms with Gasteiger partial charge in [-0.25, -0.2) is 4.79 Å². The molecular weight excluding hydrogens is 293 g/mol. The van der Waals surface area contributed by atoms with Crippen molar-refractivity contribution < 1.29 is 28.0 Å². The number of non-ortho nitro benzene ring substituents is 1. The van der Waals surface area contributed by atoms with Crippen LogP contribution in [0.3, 0.4) is 0 Å². The normalized spacial score (nSPS) is 11.5. The van der Waals surface area contributed by atoms with Crippen LogP contribution in [0.15, 0.2) is 18.2 Å². The third-order valence-electron chi connectivity index (χ3n) is 2.74. The van der Waals surface area contributed by atoms with Gasteiger partial charge >= 0.3 is 12.3 Å². The van der Waals surface area contributed by atoms with E-state index in [-0.39, 0.29) is 12.1 Å². The second-order valence-electron chi connectivity index (χ2n) is 4.65. The van der Waals surface area contributed by atoms with Gasteiger partial charge in [0, 0.05) is 24.7 Å². The fraction of sp³-hybridized carbons (Fsp3) is 0.417. The van der Waals surface area contributed by atoms with Crippen LogP contribution in [-0.2, 0) is 12.7 Å². The first-order valence-electron chi connectivity index (χ1n) is 5.87. The molecule has 0 saturated heterocycles. The zero-order valence-electron chi connectivity index (χ0n) is 11.2. The zero-order chi connectivity index (χ0) is 16.4. The van der Waals surface area contributed by atoms with Crippen LogP contribution in [0.25, 0.3) is 0 Å². The van der Waals surface area contributed by atoms with Gasteiger partial charge in [0.25, 0.3) is 5.69 Å². The Labute approximate surface area is 117 Å². The van der Waals surface area contributed by atoms with Crippen molar-refractivity contribution >= 4 is 11.8 Å². The molecule has 0 saturated carbocycles. The fourth-order valence-electron chi connectivity index (χ4n) is 1.70. The topological polar surface area (TPSA) is 83.7 Å². The number of nitro groups is 1. The van der Waals surface area contributed by atoms with Gasteiger partial charge in [-0.2, -0.15) is 13.2 Å². The monoisotopic (exact) mass is 306 g/mol. The van der Waals surface area contributed by atoms with E-state index in [1.165, 1.54) is 0 Å². The van der Waals surface area contributed by atoms with Crippen molar-refractivity contribution in [2.75, 3.05) is 0 Å². The molecule has 0 aliphatic rings. The number of alkyl halides is 3. The highest BCUT2D eigenvalue weighted by Gasteiger charge is 2.33. The highest BCUT2D eigenvalue weighted by Crippen LogP contribution is 2.33. The molecular formula is C12H13F3N2O4. The van der Waals surface area contributed by atoms with E-state index in [9.17, 15) is 28.1 Å². The summed E-state index contributed by atoms with van der Waals surface area (Å²) in [5, 5.41) is 19.7. The average molecular weight is 306 g/mol. The number of benzene rings is 1. The Morgan fingerprint density at radius 3 is 2.33 bits per heavy atom. The molecule has 0 spiro atoms. The molecule has 1 aromatic rings. The lowest BCUT2D eigenvalue weighted by Gasteiger charge is -2.23. The summed E-state index contributed by atoms with van der Waals surface area (Å²) in [7, 11) is 0. The van der Waals surface area contributed by atoms with Crippen LogP contribution in [0.4, 0.5) is 23.7 Å². The number of rotatable bonds is 4. The van der Waals surface area contributed by atoms with Gasteiger partial charge in [-0.1, -0.05) is 0 Å². The summed E-state index contributed by atoms with van der Waals surface area (Å²) < 4.78 is 38.1. The first-order chi connectivity index (χ1) is 9.52. The minimum absolute atomic E-state index is 0.0902. The van der Waals surface area contributed by atoms with Crippen LogP contribution in [0.1, 0.15) is 25.0 Å². The number of hydrogen-bond donors (Lipinski definition) is 1. The molecule has 0 aliphatic heterocycles. The summed E-state index contributed by atoms with van der Waals surface area (Å²) in [5.74, 6) is 0. The third-order valence-corrected chi connectivity index (χ3v) is 2.74. The summed E-state index contributed by atoms with van der Waals surface area (Å²) in [6, 6.07) is 1.60. The molecule has 9 heteroatoms. The summed E-state index contributed by atoms with van der Waals surface area (Å²) >= 11 is 0. The van der Waals surface area contributed by atoms with Crippen molar-refractivity contribution in [2.45, 2.75) is 32.6 Å². The highest BCUT2D eigenvalue weighted by atomic mass is 19.4. The molecule has 0 radical (unpaired) electrons. The molecule has 0 aliphatic carbocycles. The van der Waals surface area contributed by atoms with Gasteiger partial charge in [-0.3, -0.25) is 10.1 Å². The minimum Gasteiger partial charge on any atom is -0.465 e. The molecule has 1 amide bonds. The number of nitro benzene ring substituents is 1. The van der Waals surface area contributed by atoms with Gasteiger partial charge in [0.05, 0.1) is 10.5 Å². The zero-order valence-corrected chi connectivity index (χ0v) is 11.2. The summed E-state index contributed by atoms with van der Waals surface area (Å²) in [6.07, 6.45) is -6.06. The van der Waals surface area contributed by atoms with Crippen LogP contribution in [0.5, 0.6) is 0 Å². The lowest BCUT2D eigenvalue weighted by Crippen LogP contribution is -2.35. The Bertz CT molecular complexity index is 558. The maximum atomic E-state index is 12.7. The number of carbonyl (C=O) groups is 1. The molecule has 0 unspecified atom stereocenters. The number of nitrogens with zero attached hydrogens (tertiary/aromatic N) is 2. The van der Waals surface area contributed by atoms with Crippen LogP contribution >= 0.6 is 0 Å². The maximum Gasteiger partial charge on any atom is 0.416 e. The van der Waals surface area contributed by atoms with Crippen LogP contribution in [0.2, 0.25) is 0 Å². The predicted molar refractivity (Wildman–Crippen MR) is 66.8 cm³/mol. The highest BCUT2D eigenvalue weighted by molar-refractivity contribution is 5.65. The lowest BCUT2D eigenvalue weighted by molar-refractivity contribution is -0.385. The van der Waals surface area contributed by atoms with E-state index in [1.807, 2.05) is 0 Å². The molecule has 6 nitrogen and oxygen atoms in total. The molecule has 0 atom stereocenters. The van der Waals surface area contributed by atoms with Crippen molar-refractivity contribution in [3.63, 3.8) is 0 Å². The van der Waals surface area contributed by atoms with Gasteiger partial charge in [-0.15, -0.1) is 0 Å². The Kier molecular flexibility index (Phi) is 4.77. The van der Waals surface area contributed by atoms with Crippen molar-refractivity contribution in [3.8, 4) is 0 Å². The number of carboxylic acid groups (broad SMARTS) is 1. The van der Waals surface area contributed by atoms with E-state index in [4.69, 9.17) is 5.11 Å². The number of amides is 1. The second kappa shape index (κ2) is 5.98. The largest absolute Gasteiger partial charge is 0.465 e. The van der Waals surface area contributed by atoms with Crippen molar-refractivity contribution in [1.82, 2.24) is 4.90 Å². The van der Waals surface area contributed by atoms with E-state index in [2.05, 4.69) is 0 Å². The standard InChI is InChI=1S/C12H13F3N2O4/c1-7(2)16(11(18)19)6-8-3-9(12(13,14)15)5-10(4-8)17(20)21/h3-5,7H,6H2,1-2H3,(H,18,19). The number of halogens is 3. The summed E-state index contributed by atoms with van der Waals surface area (Å²) in [6.45, 7) is 2.74. The van der Waals surface area contributed by atoms with Gasteiger partial charge in [0.1, 0.15) is 0 Å². The molecule has 1 aromatic carbocycles. The molecule has 21 heavy (non-hydrogen) atoms. The first-order valence-corrected chi connectivity index (χ1v) is 5.87. The van der Waals surface area contributed by atoms with Crippen molar-refractivity contribution in [2.24, 2.45) is 0 Å². The van der Waals surface area contributed by atoms with Crippen LogP contribution in [-0.4, -0.2) is 27.1 Å². The second-order valence-corrected chi connectivity index (χ2v) is 4.65. The van der Waals surface area contributed by atoms with Gasteiger partial charge in [0.2, 0.25) is 0 Å². The van der Waals surface area contributed by atoms with Gasteiger partial charge in [-0.05, 0) is 25.5 Å². The molecule has 1 rings (SSSR count). The summed E-state index contributed by atoms with van der Waals surface area (Å²) in [5.41, 5.74) is -2.00. The van der Waals surface area contributed by atoms with Gasteiger partial charge in [0.15, 0.2) is 0 Å². The SMILES string of the molecule is CC(C)N(Cc1cc([N+](=O)[O-])cc(C(F)(F)F)c1)C(=O)O. The van der Waals surface area contributed by atoms with E-state index < -0.39 is 34.5 Å². The predicted octanol–water partition coefficient (Wildman–Crippen LogP) is 3.50. The molecule has 0 bridgehead atoms. The Morgan fingerprint density at radius 1 is 1.38 bits per heavy atom. The first kappa shape index (κ1) is 16.7. The number of hydrogen-bond acceptors (Lipinski definition) is 3. The molecule has 116 valence electrons. The van der Waals surface area contributed by atoms with Gasteiger partial charge < -0.3 is 10.0 Å². The summed E-state index contributed by atoms with van der Waals surface area (Å²) in [4.78, 5) is 21.7. The Balaban J connectivity index is 3.26. The quantitative estimate of drug-likeness (QED) is 0.681. The van der Waals surface area contributed by atoms with Crippen LogP contribution < -0.4 is 0 Å².